The van der Waals surface area contributed by atoms with Gasteiger partial charge in [0.25, 0.3) is 10.1 Å². The number of benzene rings is 2. The SMILES string of the molecule is O=S(=O)(O)c1c(I)cc(OS(=O)(=O)c2ccccc2)cc1I. The van der Waals surface area contributed by atoms with Gasteiger partial charge in [0.15, 0.2) is 0 Å². The molecule has 2 aromatic carbocycles. The molecule has 0 aliphatic carbocycles. The van der Waals surface area contributed by atoms with Crippen molar-refractivity contribution in [3.63, 3.8) is 0 Å². The van der Waals surface area contributed by atoms with E-state index in [0.29, 0.717) is 0 Å². The fraction of sp³-hybridized carbons (Fsp3) is 0. The van der Waals surface area contributed by atoms with Gasteiger partial charge in [-0.15, -0.1) is 0 Å². The van der Waals surface area contributed by atoms with Gasteiger partial charge in [-0.05, 0) is 69.4 Å². The van der Waals surface area contributed by atoms with Crippen molar-refractivity contribution >= 4 is 65.4 Å². The van der Waals surface area contributed by atoms with Crippen LogP contribution in [0, 0.1) is 7.14 Å². The monoisotopic (exact) mass is 566 g/mol. The van der Waals surface area contributed by atoms with E-state index in [1.165, 1.54) is 24.3 Å². The topological polar surface area (TPSA) is 97.7 Å². The minimum atomic E-state index is -4.40. The number of rotatable bonds is 4. The standard InChI is InChI=1S/C12H8I2O6S2/c13-10-6-8(7-11(14)12(10)21(15,16)17)20-22(18,19)9-4-2-1-3-5-9/h1-7H,(H,15,16,17). The van der Waals surface area contributed by atoms with Crippen LogP contribution in [0.4, 0.5) is 0 Å². The van der Waals surface area contributed by atoms with Crippen LogP contribution in [0.5, 0.6) is 5.75 Å². The van der Waals surface area contributed by atoms with Gasteiger partial charge >= 0.3 is 10.1 Å². The van der Waals surface area contributed by atoms with Crippen LogP contribution in [-0.4, -0.2) is 21.4 Å². The molecule has 118 valence electrons. The summed E-state index contributed by atoms with van der Waals surface area (Å²) < 4.78 is 61.3. The smallest absolute Gasteiger partial charge is 0.339 e. The fourth-order valence-corrected chi connectivity index (χ4v) is 6.52. The Kier molecular flexibility index (Phi) is 5.36. The molecule has 0 unspecified atom stereocenters. The van der Waals surface area contributed by atoms with Gasteiger partial charge in [-0.1, -0.05) is 18.2 Å². The molecule has 0 aliphatic heterocycles. The van der Waals surface area contributed by atoms with E-state index in [4.69, 9.17) is 8.74 Å². The number of hydrogen-bond donors (Lipinski definition) is 1. The maximum absolute atomic E-state index is 12.1. The molecule has 0 radical (unpaired) electrons. The molecule has 22 heavy (non-hydrogen) atoms. The molecule has 0 heterocycles. The Bertz CT molecular complexity index is 885. The summed E-state index contributed by atoms with van der Waals surface area (Å²) in [5, 5.41) is 0. The second-order valence-electron chi connectivity index (χ2n) is 4.04. The molecule has 0 aromatic heterocycles. The molecular weight excluding hydrogens is 558 g/mol. The average molecular weight is 566 g/mol. The Morgan fingerprint density at radius 1 is 0.909 bits per heavy atom. The molecule has 0 amide bonds. The van der Waals surface area contributed by atoms with Crippen LogP contribution in [0.25, 0.3) is 0 Å². The maximum Gasteiger partial charge on any atom is 0.339 e. The molecule has 2 rings (SSSR count). The lowest BCUT2D eigenvalue weighted by atomic mass is 10.3. The third-order valence-electron chi connectivity index (χ3n) is 2.47. The van der Waals surface area contributed by atoms with Crippen molar-refractivity contribution in [3.05, 3.63) is 49.6 Å². The first-order valence-electron chi connectivity index (χ1n) is 5.57. The predicted octanol–water partition coefficient (Wildman–Crippen LogP) is 2.91. The van der Waals surface area contributed by atoms with E-state index >= 15 is 0 Å². The minimum absolute atomic E-state index is 0.0149. The Balaban J connectivity index is 2.45. The van der Waals surface area contributed by atoms with Crippen LogP contribution in [0.2, 0.25) is 0 Å². The third-order valence-corrected chi connectivity index (χ3v) is 7.12. The van der Waals surface area contributed by atoms with Crippen LogP contribution in [0.15, 0.2) is 52.3 Å². The number of halogens is 2. The first kappa shape index (κ1) is 17.9. The highest BCUT2D eigenvalue weighted by molar-refractivity contribution is 14.1. The van der Waals surface area contributed by atoms with Crippen LogP contribution < -0.4 is 4.18 Å². The first-order valence-corrected chi connectivity index (χ1v) is 10.6. The quantitative estimate of drug-likeness (QED) is 0.348. The molecular formula is C12H8I2O6S2. The summed E-state index contributed by atoms with van der Waals surface area (Å²) in [4.78, 5) is -0.294. The highest BCUT2D eigenvalue weighted by Gasteiger charge is 2.22. The van der Waals surface area contributed by atoms with Crippen molar-refractivity contribution in [2.75, 3.05) is 0 Å². The Morgan fingerprint density at radius 2 is 1.41 bits per heavy atom. The fourth-order valence-electron chi connectivity index (χ4n) is 1.59. The van der Waals surface area contributed by atoms with Gasteiger partial charge in [0, 0.05) is 7.14 Å². The molecule has 1 N–H and O–H groups in total. The van der Waals surface area contributed by atoms with E-state index in [2.05, 4.69) is 0 Å². The first-order chi connectivity index (χ1) is 10.1. The lowest BCUT2D eigenvalue weighted by molar-refractivity contribution is 0.480. The van der Waals surface area contributed by atoms with E-state index in [0.717, 1.165) is 0 Å². The third kappa shape index (κ3) is 4.10. The summed E-state index contributed by atoms with van der Waals surface area (Å²) in [6.45, 7) is 0. The van der Waals surface area contributed by atoms with E-state index in [-0.39, 0.29) is 22.7 Å². The summed E-state index contributed by atoms with van der Waals surface area (Å²) in [7, 11) is -8.41. The van der Waals surface area contributed by atoms with Crippen molar-refractivity contribution < 1.29 is 25.6 Å². The Labute approximate surface area is 155 Å². The molecule has 6 nitrogen and oxygen atoms in total. The van der Waals surface area contributed by atoms with E-state index in [9.17, 15) is 16.8 Å². The molecule has 0 saturated heterocycles. The summed E-state index contributed by atoms with van der Waals surface area (Å²) in [6, 6.07) is 10.0. The molecule has 0 saturated carbocycles. The minimum Gasteiger partial charge on any atom is -0.379 e. The van der Waals surface area contributed by atoms with E-state index in [1.54, 1.807) is 63.4 Å². The Morgan fingerprint density at radius 3 is 1.86 bits per heavy atom. The van der Waals surface area contributed by atoms with Crippen molar-refractivity contribution in [2.45, 2.75) is 9.79 Å². The molecule has 0 fully saturated rings. The molecule has 2 aromatic rings. The van der Waals surface area contributed by atoms with Crippen molar-refractivity contribution in [1.29, 1.82) is 0 Å². The molecule has 10 heteroatoms. The van der Waals surface area contributed by atoms with Gasteiger partial charge < -0.3 is 4.18 Å². The number of hydrogen-bond acceptors (Lipinski definition) is 5. The van der Waals surface area contributed by atoms with Gasteiger partial charge in [0.1, 0.15) is 15.5 Å². The zero-order valence-electron chi connectivity index (χ0n) is 10.6. The summed E-state index contributed by atoms with van der Waals surface area (Å²) in [5.74, 6) is -0.0370. The van der Waals surface area contributed by atoms with Gasteiger partial charge in [0.2, 0.25) is 0 Å². The van der Waals surface area contributed by atoms with Crippen molar-refractivity contribution in [2.24, 2.45) is 0 Å². The summed E-state index contributed by atoms with van der Waals surface area (Å²) in [6.07, 6.45) is 0. The van der Waals surface area contributed by atoms with Gasteiger partial charge in [-0.2, -0.15) is 16.8 Å². The summed E-state index contributed by atoms with van der Waals surface area (Å²) in [5.41, 5.74) is 0. The van der Waals surface area contributed by atoms with Gasteiger partial charge in [-0.25, -0.2) is 0 Å². The Hall–Kier alpha value is -0.440. The predicted molar refractivity (Wildman–Crippen MR) is 95.9 cm³/mol. The van der Waals surface area contributed by atoms with Gasteiger partial charge in [0.05, 0.1) is 0 Å². The molecule has 0 bridgehead atoms. The molecule has 0 atom stereocenters. The van der Waals surface area contributed by atoms with Crippen molar-refractivity contribution in [3.8, 4) is 5.75 Å². The molecule has 0 aliphatic rings. The summed E-state index contributed by atoms with van der Waals surface area (Å²) >= 11 is 3.37. The largest absolute Gasteiger partial charge is 0.379 e. The van der Waals surface area contributed by atoms with Crippen LogP contribution >= 0.6 is 45.2 Å². The van der Waals surface area contributed by atoms with Crippen LogP contribution in [0.3, 0.4) is 0 Å². The molecule has 0 spiro atoms. The second kappa shape index (κ2) is 6.59. The zero-order chi connectivity index (χ0) is 16.5. The maximum atomic E-state index is 12.1. The van der Waals surface area contributed by atoms with E-state index in [1.807, 2.05) is 0 Å². The van der Waals surface area contributed by atoms with Crippen LogP contribution in [-0.2, 0) is 20.2 Å². The van der Waals surface area contributed by atoms with Crippen molar-refractivity contribution in [1.82, 2.24) is 0 Å². The normalized spacial score (nSPS) is 12.1. The second-order valence-corrected chi connectivity index (χ2v) is 9.27. The average Bonchev–Trinajstić information content (AvgIpc) is 2.36. The highest BCUT2D eigenvalue weighted by atomic mass is 127. The lowest BCUT2D eigenvalue weighted by Crippen LogP contribution is -2.11. The zero-order valence-corrected chi connectivity index (χ0v) is 16.6. The van der Waals surface area contributed by atoms with Gasteiger partial charge in [-0.3, -0.25) is 4.55 Å². The lowest BCUT2D eigenvalue weighted by Gasteiger charge is -2.10. The van der Waals surface area contributed by atoms with Crippen LogP contribution in [0.1, 0.15) is 0 Å². The van der Waals surface area contributed by atoms with E-state index < -0.39 is 20.2 Å². The highest BCUT2D eigenvalue weighted by Crippen LogP contribution is 2.30.